The van der Waals surface area contributed by atoms with Gasteiger partial charge in [0.15, 0.2) is 11.6 Å². The zero-order chi connectivity index (χ0) is 13.9. The van der Waals surface area contributed by atoms with Crippen molar-refractivity contribution >= 4 is 17.6 Å². The Labute approximate surface area is 102 Å². The second-order valence-electron chi connectivity index (χ2n) is 3.64. The van der Waals surface area contributed by atoms with E-state index in [-0.39, 0.29) is 16.8 Å². The number of rotatable bonds is 3. The number of carboxylic acids is 1. The Hall–Kier alpha value is -2.24. The Morgan fingerprint density at radius 2 is 1.72 bits per heavy atom. The molecular formula is C12H11F2NO3. The summed E-state index contributed by atoms with van der Waals surface area (Å²) in [6.07, 6.45) is 0. The predicted octanol–water partition coefficient (Wildman–Crippen LogP) is 2.32. The summed E-state index contributed by atoms with van der Waals surface area (Å²) < 4.78 is 25.5. The molecule has 1 amide bonds. The molecule has 0 saturated carbocycles. The standard InChI is InChI=1S/C12H11F2NO3/c1-6(7(2)12(17)18)11(16)15-8-3-4-9(13)10(14)5-8/h3-5H,1-2H3,(H,15,16)(H,17,18)/b7-6-. The fraction of sp³-hybridized carbons (Fsp3) is 0.167. The van der Waals surface area contributed by atoms with E-state index in [0.29, 0.717) is 0 Å². The highest BCUT2D eigenvalue weighted by atomic mass is 19.2. The minimum atomic E-state index is -1.21. The molecule has 0 aromatic heterocycles. The SMILES string of the molecule is C/C(C(=O)O)=C(\C)C(=O)Nc1ccc(F)c(F)c1. The summed E-state index contributed by atoms with van der Waals surface area (Å²) >= 11 is 0. The maximum atomic E-state index is 12.9. The number of carbonyl (C=O) groups excluding carboxylic acids is 1. The van der Waals surface area contributed by atoms with E-state index in [4.69, 9.17) is 5.11 Å². The number of carboxylic acid groups (broad SMARTS) is 1. The number of halogens is 2. The van der Waals surface area contributed by atoms with Crippen LogP contribution < -0.4 is 5.32 Å². The molecule has 0 heterocycles. The summed E-state index contributed by atoms with van der Waals surface area (Å²) in [6, 6.07) is 2.87. The van der Waals surface area contributed by atoms with E-state index < -0.39 is 23.5 Å². The number of carbonyl (C=O) groups is 2. The monoisotopic (exact) mass is 255 g/mol. The Balaban J connectivity index is 2.92. The molecule has 0 atom stereocenters. The van der Waals surface area contributed by atoms with Crippen LogP contribution in [0.4, 0.5) is 14.5 Å². The highest BCUT2D eigenvalue weighted by molar-refractivity contribution is 6.08. The normalized spacial score (nSPS) is 11.8. The Kier molecular flexibility index (Phi) is 4.14. The van der Waals surface area contributed by atoms with Crippen LogP contribution in [0, 0.1) is 11.6 Å². The number of benzene rings is 1. The second kappa shape index (κ2) is 5.39. The molecule has 96 valence electrons. The summed E-state index contributed by atoms with van der Waals surface area (Å²) in [6.45, 7) is 2.61. The van der Waals surface area contributed by atoms with Gasteiger partial charge >= 0.3 is 5.97 Å². The van der Waals surface area contributed by atoms with Crippen molar-refractivity contribution in [1.29, 1.82) is 0 Å². The first kappa shape index (κ1) is 13.8. The smallest absolute Gasteiger partial charge is 0.331 e. The van der Waals surface area contributed by atoms with Gasteiger partial charge in [-0.05, 0) is 26.0 Å². The second-order valence-corrected chi connectivity index (χ2v) is 3.64. The van der Waals surface area contributed by atoms with Gasteiger partial charge in [0.1, 0.15) is 0 Å². The van der Waals surface area contributed by atoms with Gasteiger partial charge in [-0.25, -0.2) is 13.6 Å². The lowest BCUT2D eigenvalue weighted by Crippen LogP contribution is -2.16. The van der Waals surface area contributed by atoms with Gasteiger partial charge in [0, 0.05) is 22.9 Å². The van der Waals surface area contributed by atoms with Crippen LogP contribution in [0.5, 0.6) is 0 Å². The van der Waals surface area contributed by atoms with Gasteiger partial charge in [-0.15, -0.1) is 0 Å². The van der Waals surface area contributed by atoms with Crippen LogP contribution in [0.15, 0.2) is 29.3 Å². The Morgan fingerprint density at radius 3 is 2.22 bits per heavy atom. The molecule has 0 aliphatic rings. The molecule has 0 bridgehead atoms. The van der Waals surface area contributed by atoms with Crippen LogP contribution in [0.1, 0.15) is 13.8 Å². The van der Waals surface area contributed by atoms with Crippen molar-refractivity contribution in [3.05, 3.63) is 41.0 Å². The molecule has 1 aromatic carbocycles. The van der Waals surface area contributed by atoms with Gasteiger partial charge in [0.2, 0.25) is 0 Å². The number of hydrogen-bond donors (Lipinski definition) is 2. The largest absolute Gasteiger partial charge is 0.478 e. The maximum absolute atomic E-state index is 12.9. The third-order valence-corrected chi connectivity index (χ3v) is 2.40. The summed E-state index contributed by atoms with van der Waals surface area (Å²) in [5.74, 6) is -4.01. The summed E-state index contributed by atoms with van der Waals surface area (Å²) in [5, 5.41) is 11.0. The molecule has 0 aliphatic heterocycles. The summed E-state index contributed by atoms with van der Waals surface area (Å²) in [5.41, 5.74) is -0.0706. The lowest BCUT2D eigenvalue weighted by molar-refractivity contribution is -0.133. The first-order chi connectivity index (χ1) is 8.32. The van der Waals surface area contributed by atoms with E-state index in [1.807, 2.05) is 0 Å². The molecule has 4 nitrogen and oxygen atoms in total. The molecule has 1 rings (SSSR count). The van der Waals surface area contributed by atoms with Crippen molar-refractivity contribution < 1.29 is 23.5 Å². The van der Waals surface area contributed by atoms with Gasteiger partial charge in [-0.2, -0.15) is 0 Å². The molecule has 1 aromatic rings. The fourth-order valence-corrected chi connectivity index (χ4v) is 1.13. The molecule has 18 heavy (non-hydrogen) atoms. The van der Waals surface area contributed by atoms with Crippen LogP contribution in [-0.4, -0.2) is 17.0 Å². The van der Waals surface area contributed by atoms with Gasteiger partial charge in [0.05, 0.1) is 0 Å². The van der Waals surface area contributed by atoms with E-state index in [1.54, 1.807) is 0 Å². The molecule has 0 aliphatic carbocycles. The van der Waals surface area contributed by atoms with Crippen LogP contribution in [0.3, 0.4) is 0 Å². The summed E-state index contributed by atoms with van der Waals surface area (Å²) in [4.78, 5) is 22.3. The molecule has 0 saturated heterocycles. The lowest BCUT2D eigenvalue weighted by atomic mass is 10.1. The zero-order valence-corrected chi connectivity index (χ0v) is 9.75. The van der Waals surface area contributed by atoms with Crippen molar-refractivity contribution in [2.75, 3.05) is 5.32 Å². The van der Waals surface area contributed by atoms with Crippen LogP contribution in [0.25, 0.3) is 0 Å². The average Bonchev–Trinajstić information content (AvgIpc) is 2.31. The third kappa shape index (κ3) is 3.13. The van der Waals surface area contributed by atoms with E-state index in [9.17, 15) is 18.4 Å². The van der Waals surface area contributed by atoms with Gasteiger partial charge in [0.25, 0.3) is 5.91 Å². The highest BCUT2D eigenvalue weighted by Crippen LogP contribution is 2.14. The minimum absolute atomic E-state index is 0.00719. The molecular weight excluding hydrogens is 244 g/mol. The Morgan fingerprint density at radius 1 is 1.11 bits per heavy atom. The highest BCUT2D eigenvalue weighted by Gasteiger charge is 2.13. The molecule has 6 heteroatoms. The third-order valence-electron chi connectivity index (χ3n) is 2.40. The number of amides is 1. The van der Waals surface area contributed by atoms with E-state index in [2.05, 4.69) is 5.32 Å². The van der Waals surface area contributed by atoms with Crippen LogP contribution in [-0.2, 0) is 9.59 Å². The first-order valence-corrected chi connectivity index (χ1v) is 5.00. The number of anilines is 1. The molecule has 2 N–H and O–H groups in total. The van der Waals surface area contributed by atoms with Crippen molar-refractivity contribution in [3.63, 3.8) is 0 Å². The first-order valence-electron chi connectivity index (χ1n) is 5.00. The van der Waals surface area contributed by atoms with Crippen LogP contribution >= 0.6 is 0 Å². The van der Waals surface area contributed by atoms with E-state index >= 15 is 0 Å². The van der Waals surface area contributed by atoms with Gasteiger partial charge < -0.3 is 10.4 Å². The zero-order valence-electron chi connectivity index (χ0n) is 9.75. The number of nitrogens with one attached hydrogen (secondary N) is 1. The van der Waals surface area contributed by atoms with Crippen molar-refractivity contribution in [2.45, 2.75) is 13.8 Å². The molecule has 0 unspecified atom stereocenters. The van der Waals surface area contributed by atoms with Crippen molar-refractivity contribution in [3.8, 4) is 0 Å². The number of hydrogen-bond acceptors (Lipinski definition) is 2. The molecule has 0 radical (unpaired) electrons. The quantitative estimate of drug-likeness (QED) is 0.814. The predicted molar refractivity (Wildman–Crippen MR) is 61.0 cm³/mol. The lowest BCUT2D eigenvalue weighted by Gasteiger charge is -2.07. The van der Waals surface area contributed by atoms with Crippen molar-refractivity contribution in [2.24, 2.45) is 0 Å². The molecule has 0 fully saturated rings. The minimum Gasteiger partial charge on any atom is -0.478 e. The van der Waals surface area contributed by atoms with Crippen molar-refractivity contribution in [1.82, 2.24) is 0 Å². The topological polar surface area (TPSA) is 66.4 Å². The molecule has 0 spiro atoms. The average molecular weight is 255 g/mol. The summed E-state index contributed by atoms with van der Waals surface area (Å²) in [7, 11) is 0. The van der Waals surface area contributed by atoms with Crippen LogP contribution in [0.2, 0.25) is 0 Å². The number of aliphatic carboxylic acids is 1. The fourth-order valence-electron chi connectivity index (χ4n) is 1.13. The van der Waals surface area contributed by atoms with Gasteiger partial charge in [-0.3, -0.25) is 4.79 Å². The Bertz CT molecular complexity index is 538. The van der Waals surface area contributed by atoms with E-state index in [0.717, 1.165) is 12.1 Å². The maximum Gasteiger partial charge on any atom is 0.331 e. The van der Waals surface area contributed by atoms with Gasteiger partial charge in [-0.1, -0.05) is 0 Å². The van der Waals surface area contributed by atoms with E-state index in [1.165, 1.54) is 19.9 Å².